The van der Waals surface area contributed by atoms with Crippen LogP contribution in [-0.4, -0.2) is 24.2 Å². The van der Waals surface area contributed by atoms with E-state index in [4.69, 9.17) is 5.11 Å². The molecule has 0 aliphatic carbocycles. The lowest BCUT2D eigenvalue weighted by atomic mass is 10.2. The topological polar surface area (TPSA) is 49.3 Å². The second-order valence-corrected chi connectivity index (χ2v) is 2.33. The Balaban J connectivity index is 3.78. The van der Waals surface area contributed by atoms with Gasteiger partial charge in [0.15, 0.2) is 0 Å². The fourth-order valence-corrected chi connectivity index (χ4v) is 0.764. The second-order valence-electron chi connectivity index (χ2n) is 2.33. The largest absolute Gasteiger partial charge is 0.478 e. The molecular formula is C9H15NO2. The Bertz CT molecular complexity index is 185. The third kappa shape index (κ3) is 4.68. The highest BCUT2D eigenvalue weighted by atomic mass is 16.4. The minimum atomic E-state index is -0.835. The summed E-state index contributed by atoms with van der Waals surface area (Å²) in [6.45, 7) is 6.65. The molecule has 0 aliphatic rings. The summed E-state index contributed by atoms with van der Waals surface area (Å²) < 4.78 is 0. The third-order valence-electron chi connectivity index (χ3n) is 1.44. The van der Waals surface area contributed by atoms with Crippen molar-refractivity contribution in [3.05, 3.63) is 24.3 Å². The minimum Gasteiger partial charge on any atom is -0.478 e. The van der Waals surface area contributed by atoms with Gasteiger partial charge in [-0.1, -0.05) is 19.1 Å². The maximum absolute atomic E-state index is 10.5. The molecule has 0 bridgehead atoms. The van der Waals surface area contributed by atoms with Crippen molar-refractivity contribution in [1.29, 1.82) is 0 Å². The normalized spacial score (nSPS) is 11.2. The lowest BCUT2D eigenvalue weighted by molar-refractivity contribution is -0.132. The molecule has 0 aromatic carbocycles. The Labute approximate surface area is 72.8 Å². The molecule has 2 N–H and O–H groups in total. The first-order valence-corrected chi connectivity index (χ1v) is 3.96. The van der Waals surface area contributed by atoms with E-state index in [1.165, 1.54) is 0 Å². The third-order valence-corrected chi connectivity index (χ3v) is 1.44. The van der Waals surface area contributed by atoms with Gasteiger partial charge < -0.3 is 10.4 Å². The van der Waals surface area contributed by atoms with E-state index in [1.807, 2.05) is 6.92 Å². The molecule has 68 valence electrons. The summed E-state index contributed by atoms with van der Waals surface area (Å²) in [4.78, 5) is 10.5. The fraction of sp³-hybridized carbons (Fsp3) is 0.444. The molecule has 0 atom stereocenters. The molecule has 3 heteroatoms. The zero-order chi connectivity index (χ0) is 9.40. The Hall–Kier alpha value is -1.09. The molecule has 0 radical (unpaired) electrons. The maximum Gasteiger partial charge on any atom is 0.331 e. The van der Waals surface area contributed by atoms with E-state index < -0.39 is 5.97 Å². The Morgan fingerprint density at radius 3 is 2.67 bits per heavy atom. The summed E-state index contributed by atoms with van der Waals surface area (Å²) >= 11 is 0. The van der Waals surface area contributed by atoms with Gasteiger partial charge in [-0.05, 0) is 6.42 Å². The summed E-state index contributed by atoms with van der Waals surface area (Å²) in [6.07, 6.45) is 3.98. The first kappa shape index (κ1) is 10.9. The van der Waals surface area contributed by atoms with Gasteiger partial charge in [-0.15, -0.1) is 6.58 Å². The molecule has 0 saturated heterocycles. The predicted octanol–water partition coefficient (Wildman–Crippen LogP) is 1.18. The molecule has 0 aromatic rings. The second kappa shape index (κ2) is 6.61. The van der Waals surface area contributed by atoms with Crippen molar-refractivity contribution in [1.82, 2.24) is 5.32 Å². The van der Waals surface area contributed by atoms with Gasteiger partial charge in [0.25, 0.3) is 0 Å². The van der Waals surface area contributed by atoms with Crippen LogP contribution in [0.3, 0.4) is 0 Å². The number of rotatable bonds is 6. The first-order chi connectivity index (χ1) is 5.72. The zero-order valence-electron chi connectivity index (χ0n) is 7.34. The van der Waals surface area contributed by atoms with Gasteiger partial charge >= 0.3 is 5.97 Å². The van der Waals surface area contributed by atoms with Crippen LogP contribution in [0.15, 0.2) is 24.3 Å². The standard InChI is InChI=1S/C9H15NO2/c1-3-6-10-7-5-8(4-2)9(11)12/h3,5,10H,1,4,6-7H2,2H3,(H,11,12)/b8-5-. The van der Waals surface area contributed by atoms with E-state index >= 15 is 0 Å². The molecule has 0 amide bonds. The number of aliphatic carboxylic acids is 1. The summed E-state index contributed by atoms with van der Waals surface area (Å²) in [7, 11) is 0. The number of hydrogen-bond donors (Lipinski definition) is 2. The van der Waals surface area contributed by atoms with Crippen LogP contribution in [0.25, 0.3) is 0 Å². The molecule has 0 fully saturated rings. The lowest BCUT2D eigenvalue weighted by Gasteiger charge is -1.98. The molecular weight excluding hydrogens is 154 g/mol. The van der Waals surface area contributed by atoms with Gasteiger partial charge in [-0.25, -0.2) is 4.79 Å². The monoisotopic (exact) mass is 169 g/mol. The highest BCUT2D eigenvalue weighted by Gasteiger charge is 2.01. The number of carboxylic acids is 1. The number of carbonyl (C=O) groups is 1. The number of nitrogens with one attached hydrogen (secondary N) is 1. The van der Waals surface area contributed by atoms with Gasteiger partial charge in [0, 0.05) is 18.7 Å². The van der Waals surface area contributed by atoms with Crippen LogP contribution >= 0.6 is 0 Å². The van der Waals surface area contributed by atoms with E-state index in [9.17, 15) is 4.79 Å². The van der Waals surface area contributed by atoms with E-state index in [0.717, 1.165) is 0 Å². The maximum atomic E-state index is 10.5. The van der Waals surface area contributed by atoms with E-state index in [-0.39, 0.29) is 0 Å². The van der Waals surface area contributed by atoms with Crippen LogP contribution in [0.2, 0.25) is 0 Å². The van der Waals surface area contributed by atoms with E-state index in [1.54, 1.807) is 12.2 Å². The molecule has 0 rings (SSSR count). The van der Waals surface area contributed by atoms with Crippen molar-refractivity contribution in [2.45, 2.75) is 13.3 Å². The lowest BCUT2D eigenvalue weighted by Crippen LogP contribution is -2.14. The van der Waals surface area contributed by atoms with Crippen LogP contribution < -0.4 is 5.32 Å². The molecule has 0 unspecified atom stereocenters. The SMILES string of the molecule is C=CCNC/C=C(/CC)C(=O)O. The van der Waals surface area contributed by atoms with Crippen LogP contribution in [0, 0.1) is 0 Å². The van der Waals surface area contributed by atoms with Crippen LogP contribution in [0.5, 0.6) is 0 Å². The molecule has 0 spiro atoms. The number of carboxylic acid groups (broad SMARTS) is 1. The van der Waals surface area contributed by atoms with Crippen LogP contribution in [0.1, 0.15) is 13.3 Å². The average Bonchev–Trinajstić information content (AvgIpc) is 2.04. The highest BCUT2D eigenvalue weighted by Crippen LogP contribution is 1.98. The van der Waals surface area contributed by atoms with Gasteiger partial charge in [0.05, 0.1) is 0 Å². The summed E-state index contributed by atoms with van der Waals surface area (Å²) in [6, 6.07) is 0. The van der Waals surface area contributed by atoms with Crippen LogP contribution in [-0.2, 0) is 4.79 Å². The van der Waals surface area contributed by atoms with Crippen molar-refractivity contribution in [2.75, 3.05) is 13.1 Å². The molecule has 0 aromatic heterocycles. The smallest absolute Gasteiger partial charge is 0.331 e. The molecule has 0 heterocycles. The predicted molar refractivity (Wildman–Crippen MR) is 49.1 cm³/mol. The zero-order valence-corrected chi connectivity index (χ0v) is 7.34. The molecule has 3 nitrogen and oxygen atoms in total. The summed E-state index contributed by atoms with van der Waals surface area (Å²) in [5, 5.41) is 11.6. The average molecular weight is 169 g/mol. The van der Waals surface area contributed by atoms with Crippen molar-refractivity contribution in [3.8, 4) is 0 Å². The number of hydrogen-bond acceptors (Lipinski definition) is 2. The highest BCUT2D eigenvalue weighted by molar-refractivity contribution is 5.86. The van der Waals surface area contributed by atoms with Crippen molar-refractivity contribution in [3.63, 3.8) is 0 Å². The minimum absolute atomic E-state index is 0.451. The van der Waals surface area contributed by atoms with Gasteiger partial charge in [0.2, 0.25) is 0 Å². The van der Waals surface area contributed by atoms with Gasteiger partial charge in [-0.3, -0.25) is 0 Å². The Morgan fingerprint density at radius 2 is 2.25 bits per heavy atom. The van der Waals surface area contributed by atoms with E-state index in [2.05, 4.69) is 11.9 Å². The summed E-state index contributed by atoms with van der Waals surface area (Å²) in [5.74, 6) is -0.835. The molecule has 0 aliphatic heterocycles. The van der Waals surface area contributed by atoms with Crippen molar-refractivity contribution in [2.24, 2.45) is 0 Å². The van der Waals surface area contributed by atoms with Crippen LogP contribution in [0.4, 0.5) is 0 Å². The Kier molecular flexibility index (Phi) is 6.01. The quantitative estimate of drug-likeness (QED) is 0.356. The fourth-order valence-electron chi connectivity index (χ4n) is 0.764. The van der Waals surface area contributed by atoms with Gasteiger partial charge in [0.1, 0.15) is 0 Å². The Morgan fingerprint density at radius 1 is 1.58 bits per heavy atom. The van der Waals surface area contributed by atoms with Gasteiger partial charge in [-0.2, -0.15) is 0 Å². The molecule has 12 heavy (non-hydrogen) atoms. The van der Waals surface area contributed by atoms with Crippen molar-refractivity contribution >= 4 is 5.97 Å². The molecule has 0 saturated carbocycles. The van der Waals surface area contributed by atoms with E-state index in [0.29, 0.717) is 25.1 Å². The van der Waals surface area contributed by atoms with Crippen molar-refractivity contribution < 1.29 is 9.90 Å². The first-order valence-electron chi connectivity index (χ1n) is 3.96. The summed E-state index contributed by atoms with van der Waals surface area (Å²) in [5.41, 5.74) is 0.451.